The van der Waals surface area contributed by atoms with Gasteiger partial charge in [-0.25, -0.2) is 0 Å². The fourth-order valence-corrected chi connectivity index (χ4v) is 2.83. The molecule has 1 nitrogen and oxygen atoms in total. The van der Waals surface area contributed by atoms with E-state index in [1.807, 2.05) is 0 Å². The third-order valence-corrected chi connectivity index (χ3v) is 3.92. The zero-order valence-corrected chi connectivity index (χ0v) is 12.2. The lowest BCUT2D eigenvalue weighted by Gasteiger charge is -2.15. The van der Waals surface area contributed by atoms with Gasteiger partial charge in [0.15, 0.2) is 0 Å². The molecule has 2 rings (SSSR count). The maximum absolute atomic E-state index is 3.43. The summed E-state index contributed by atoms with van der Waals surface area (Å²) in [5.41, 5.74) is 1.49. The first kappa shape index (κ1) is 14.1. The number of nitrogens with one attached hydrogen (secondary N) is 1. The van der Waals surface area contributed by atoms with Crippen LogP contribution in [0.4, 0.5) is 0 Å². The van der Waals surface area contributed by atoms with Crippen molar-refractivity contribution >= 4 is 10.8 Å². The van der Waals surface area contributed by atoms with Gasteiger partial charge < -0.3 is 5.32 Å². The van der Waals surface area contributed by atoms with Crippen LogP contribution in [0.15, 0.2) is 42.5 Å². The molecular weight excluding hydrogens is 230 g/mol. The summed E-state index contributed by atoms with van der Waals surface area (Å²) in [6, 6.07) is 16.0. The van der Waals surface area contributed by atoms with Crippen LogP contribution in [0, 0.1) is 0 Å². The van der Waals surface area contributed by atoms with Crippen LogP contribution in [-0.4, -0.2) is 13.1 Å². The van der Waals surface area contributed by atoms with Gasteiger partial charge in [-0.2, -0.15) is 0 Å². The highest BCUT2D eigenvalue weighted by Gasteiger charge is 2.05. The van der Waals surface area contributed by atoms with Crippen molar-refractivity contribution in [3.05, 3.63) is 48.0 Å². The van der Waals surface area contributed by atoms with Gasteiger partial charge in [-0.3, -0.25) is 0 Å². The highest BCUT2D eigenvalue weighted by Crippen LogP contribution is 2.20. The van der Waals surface area contributed by atoms with E-state index in [0.29, 0.717) is 6.04 Å². The number of hydrogen-bond donors (Lipinski definition) is 1. The molecular formula is C18H25N. The van der Waals surface area contributed by atoms with E-state index < -0.39 is 0 Å². The van der Waals surface area contributed by atoms with E-state index in [0.717, 1.165) is 0 Å². The van der Waals surface area contributed by atoms with Crippen LogP contribution in [0.3, 0.4) is 0 Å². The molecule has 0 aromatic heterocycles. The average Bonchev–Trinajstić information content (AvgIpc) is 2.46. The van der Waals surface area contributed by atoms with E-state index in [1.54, 1.807) is 0 Å². The van der Waals surface area contributed by atoms with Crippen molar-refractivity contribution in [1.82, 2.24) is 5.32 Å². The van der Waals surface area contributed by atoms with Gasteiger partial charge >= 0.3 is 0 Å². The SMILES string of the molecule is CCCC(CCCc1cccc2ccccc12)NC. The topological polar surface area (TPSA) is 12.0 Å². The summed E-state index contributed by atoms with van der Waals surface area (Å²) in [5, 5.41) is 6.20. The summed E-state index contributed by atoms with van der Waals surface area (Å²) >= 11 is 0. The number of fused-ring (bicyclic) bond motifs is 1. The van der Waals surface area contributed by atoms with E-state index in [2.05, 4.69) is 61.8 Å². The minimum atomic E-state index is 0.681. The number of aryl methyl sites for hydroxylation is 1. The van der Waals surface area contributed by atoms with Gasteiger partial charge in [0.1, 0.15) is 0 Å². The molecule has 1 atom stereocenters. The van der Waals surface area contributed by atoms with E-state index in [4.69, 9.17) is 0 Å². The Bertz CT molecular complexity index is 499. The first-order valence-corrected chi connectivity index (χ1v) is 7.49. The average molecular weight is 255 g/mol. The molecule has 1 unspecified atom stereocenters. The number of rotatable bonds is 7. The quantitative estimate of drug-likeness (QED) is 0.765. The van der Waals surface area contributed by atoms with Gasteiger partial charge in [0, 0.05) is 6.04 Å². The largest absolute Gasteiger partial charge is 0.317 e. The molecule has 0 saturated carbocycles. The van der Waals surface area contributed by atoms with E-state index in [-0.39, 0.29) is 0 Å². The van der Waals surface area contributed by atoms with Crippen molar-refractivity contribution in [3.8, 4) is 0 Å². The third-order valence-electron chi connectivity index (χ3n) is 3.92. The molecule has 0 heterocycles. The molecule has 0 amide bonds. The van der Waals surface area contributed by atoms with Gasteiger partial charge in [-0.1, -0.05) is 55.8 Å². The van der Waals surface area contributed by atoms with Crippen LogP contribution in [0.5, 0.6) is 0 Å². The standard InChI is InChI=1S/C18H25N/c1-3-8-17(19-2)13-7-12-16-11-6-10-15-9-4-5-14-18(15)16/h4-6,9-11,14,17,19H,3,7-8,12-13H2,1-2H3. The molecule has 0 bridgehead atoms. The predicted molar refractivity (Wildman–Crippen MR) is 84.6 cm³/mol. The van der Waals surface area contributed by atoms with Gasteiger partial charge in [0.05, 0.1) is 0 Å². The fourth-order valence-electron chi connectivity index (χ4n) is 2.83. The second-order valence-electron chi connectivity index (χ2n) is 5.30. The molecule has 1 heteroatoms. The van der Waals surface area contributed by atoms with Crippen molar-refractivity contribution in [2.75, 3.05) is 7.05 Å². The Morgan fingerprint density at radius 1 is 1.00 bits per heavy atom. The molecule has 0 radical (unpaired) electrons. The summed E-state index contributed by atoms with van der Waals surface area (Å²) in [7, 11) is 2.08. The Morgan fingerprint density at radius 2 is 1.79 bits per heavy atom. The predicted octanol–water partition coefficient (Wildman–Crippen LogP) is 4.55. The zero-order valence-electron chi connectivity index (χ0n) is 12.2. The molecule has 102 valence electrons. The maximum atomic E-state index is 3.43. The highest BCUT2D eigenvalue weighted by atomic mass is 14.9. The van der Waals surface area contributed by atoms with E-state index in [9.17, 15) is 0 Å². The van der Waals surface area contributed by atoms with Crippen LogP contribution in [0.1, 0.15) is 38.2 Å². The van der Waals surface area contributed by atoms with Gasteiger partial charge in [-0.15, -0.1) is 0 Å². The lowest BCUT2D eigenvalue weighted by Crippen LogP contribution is -2.24. The molecule has 0 fully saturated rings. The Hall–Kier alpha value is -1.34. The Balaban J connectivity index is 1.98. The highest BCUT2D eigenvalue weighted by molar-refractivity contribution is 5.85. The van der Waals surface area contributed by atoms with E-state index >= 15 is 0 Å². The van der Waals surface area contributed by atoms with E-state index in [1.165, 1.54) is 48.4 Å². The lowest BCUT2D eigenvalue weighted by atomic mass is 9.98. The van der Waals surface area contributed by atoms with Crippen molar-refractivity contribution in [3.63, 3.8) is 0 Å². The summed E-state index contributed by atoms with van der Waals surface area (Å²) in [6.45, 7) is 2.26. The molecule has 0 aliphatic rings. The maximum Gasteiger partial charge on any atom is 0.00640 e. The fraction of sp³-hybridized carbons (Fsp3) is 0.444. The minimum absolute atomic E-state index is 0.681. The Labute approximate surface area is 117 Å². The summed E-state index contributed by atoms with van der Waals surface area (Å²) in [6.07, 6.45) is 6.27. The van der Waals surface area contributed by atoms with Crippen molar-refractivity contribution < 1.29 is 0 Å². The van der Waals surface area contributed by atoms with Crippen LogP contribution < -0.4 is 5.32 Å². The Morgan fingerprint density at radius 3 is 2.58 bits per heavy atom. The van der Waals surface area contributed by atoms with Crippen molar-refractivity contribution in [1.29, 1.82) is 0 Å². The second kappa shape index (κ2) is 7.30. The van der Waals surface area contributed by atoms with Crippen LogP contribution in [-0.2, 0) is 6.42 Å². The van der Waals surface area contributed by atoms with Gasteiger partial charge in [0.2, 0.25) is 0 Å². The van der Waals surface area contributed by atoms with Gasteiger partial charge in [-0.05, 0) is 49.1 Å². The Kier molecular flexibility index (Phi) is 5.41. The smallest absolute Gasteiger partial charge is 0.00640 e. The first-order chi connectivity index (χ1) is 9.35. The van der Waals surface area contributed by atoms with Gasteiger partial charge in [0.25, 0.3) is 0 Å². The van der Waals surface area contributed by atoms with Crippen LogP contribution in [0.25, 0.3) is 10.8 Å². The monoisotopic (exact) mass is 255 g/mol. The normalized spacial score (nSPS) is 12.7. The second-order valence-corrected chi connectivity index (χ2v) is 5.30. The molecule has 1 N–H and O–H groups in total. The minimum Gasteiger partial charge on any atom is -0.317 e. The molecule has 0 saturated heterocycles. The van der Waals surface area contributed by atoms with Crippen molar-refractivity contribution in [2.24, 2.45) is 0 Å². The molecule has 0 spiro atoms. The number of benzene rings is 2. The van der Waals surface area contributed by atoms with Crippen LogP contribution in [0.2, 0.25) is 0 Å². The molecule has 19 heavy (non-hydrogen) atoms. The summed E-state index contributed by atoms with van der Waals surface area (Å²) in [4.78, 5) is 0. The number of hydrogen-bond acceptors (Lipinski definition) is 1. The van der Waals surface area contributed by atoms with Crippen molar-refractivity contribution in [2.45, 2.75) is 45.1 Å². The summed E-state index contributed by atoms with van der Waals surface area (Å²) in [5.74, 6) is 0. The molecule has 2 aromatic rings. The first-order valence-electron chi connectivity index (χ1n) is 7.49. The molecule has 0 aliphatic carbocycles. The molecule has 0 aliphatic heterocycles. The zero-order chi connectivity index (χ0) is 13.5. The van der Waals surface area contributed by atoms with Crippen LogP contribution >= 0.6 is 0 Å². The lowest BCUT2D eigenvalue weighted by molar-refractivity contribution is 0.470. The molecule has 2 aromatic carbocycles. The third kappa shape index (κ3) is 3.81. The summed E-state index contributed by atoms with van der Waals surface area (Å²) < 4.78 is 0.